The third-order valence-electron chi connectivity index (χ3n) is 6.42. The van der Waals surface area contributed by atoms with Gasteiger partial charge in [-0.2, -0.15) is 0 Å². The van der Waals surface area contributed by atoms with Gasteiger partial charge in [0.2, 0.25) is 5.91 Å². The summed E-state index contributed by atoms with van der Waals surface area (Å²) >= 11 is 0. The van der Waals surface area contributed by atoms with Crippen molar-refractivity contribution in [2.75, 3.05) is 39.9 Å². The number of fused-ring (bicyclic) bond motifs is 1. The minimum Gasteiger partial charge on any atom is -0.494 e. The van der Waals surface area contributed by atoms with Crippen LogP contribution in [0.2, 0.25) is 0 Å². The Kier molecular flexibility index (Phi) is 7.50. The lowest BCUT2D eigenvalue weighted by Crippen LogP contribution is -2.52. The second-order valence-electron chi connectivity index (χ2n) is 8.95. The summed E-state index contributed by atoms with van der Waals surface area (Å²) in [6.07, 6.45) is 4.26. The number of hydrogen-bond acceptors (Lipinski definition) is 9. The van der Waals surface area contributed by atoms with Crippen LogP contribution in [0.4, 0.5) is 0 Å². The number of carbonyl (C=O) groups excluding carboxylic acids is 4. The highest BCUT2D eigenvalue weighted by molar-refractivity contribution is 6.45. The number of carbonyl (C=O) groups is 4. The molecule has 4 heterocycles. The van der Waals surface area contributed by atoms with E-state index in [0.29, 0.717) is 41.1 Å². The predicted octanol–water partition coefficient (Wildman–Crippen LogP) is 0.321. The molecule has 0 spiro atoms. The minimum atomic E-state index is -0.719. The molecule has 14 heteroatoms. The number of nitrogens with zero attached hydrogens (tertiary/aromatic N) is 6. The van der Waals surface area contributed by atoms with E-state index < -0.39 is 17.6 Å². The van der Waals surface area contributed by atoms with Gasteiger partial charge in [-0.3, -0.25) is 19.2 Å². The van der Waals surface area contributed by atoms with Crippen LogP contribution in [-0.2, 0) is 20.9 Å². The molecule has 0 saturated carbocycles. The number of ether oxygens (including phenoxy) is 2. The molecule has 1 fully saturated rings. The molecule has 40 heavy (non-hydrogen) atoms. The van der Waals surface area contributed by atoms with E-state index in [0.717, 1.165) is 0 Å². The number of Topliss-reactive ketones (excluding diaryl/α,β-unsaturated/α-hetero) is 1. The molecular weight excluding hydrogens is 520 g/mol. The predicted molar refractivity (Wildman–Crippen MR) is 140 cm³/mol. The molecule has 1 aliphatic heterocycles. The van der Waals surface area contributed by atoms with E-state index in [-0.39, 0.29) is 43.6 Å². The summed E-state index contributed by atoms with van der Waals surface area (Å²) in [7, 11) is 1.44. The van der Waals surface area contributed by atoms with E-state index in [1.54, 1.807) is 29.2 Å². The SMILES string of the molecule is COc1cnc(-n2cnc(COCC(N)=O)n2)c2[nH]cc(C(=O)C(=O)N3CCN(C(=O)c4ccccc4)CC3)c12. The monoisotopic (exact) mass is 546 g/mol. The number of nitrogens with two attached hydrogens (primary N) is 1. The van der Waals surface area contributed by atoms with E-state index in [9.17, 15) is 19.2 Å². The first-order chi connectivity index (χ1) is 19.4. The third-order valence-corrected chi connectivity index (χ3v) is 6.42. The number of primary amides is 1. The number of aromatic nitrogens is 5. The van der Waals surface area contributed by atoms with Gasteiger partial charge in [-0.05, 0) is 12.1 Å². The van der Waals surface area contributed by atoms with Gasteiger partial charge in [0.05, 0.1) is 29.8 Å². The normalized spacial score (nSPS) is 13.4. The van der Waals surface area contributed by atoms with E-state index in [1.807, 2.05) is 6.07 Å². The van der Waals surface area contributed by atoms with Crippen molar-refractivity contribution in [3.05, 3.63) is 66.0 Å². The Bertz CT molecular complexity index is 1570. The van der Waals surface area contributed by atoms with Crippen molar-refractivity contribution in [2.24, 2.45) is 5.73 Å². The highest BCUT2D eigenvalue weighted by Gasteiger charge is 2.31. The average Bonchev–Trinajstić information content (AvgIpc) is 3.64. The number of rotatable bonds is 9. The van der Waals surface area contributed by atoms with Crippen LogP contribution in [0.1, 0.15) is 26.5 Å². The fourth-order valence-electron chi connectivity index (χ4n) is 4.46. The second kappa shape index (κ2) is 11.3. The van der Waals surface area contributed by atoms with Crippen molar-refractivity contribution in [2.45, 2.75) is 6.61 Å². The molecule has 4 aromatic rings. The van der Waals surface area contributed by atoms with Gasteiger partial charge in [0.1, 0.15) is 25.3 Å². The Morgan fingerprint density at radius 3 is 2.45 bits per heavy atom. The summed E-state index contributed by atoms with van der Waals surface area (Å²) in [5.41, 5.74) is 6.17. The minimum absolute atomic E-state index is 0.0393. The summed E-state index contributed by atoms with van der Waals surface area (Å²) in [6, 6.07) is 8.92. The van der Waals surface area contributed by atoms with Crippen molar-refractivity contribution < 1.29 is 28.7 Å². The first-order valence-electron chi connectivity index (χ1n) is 12.4. The summed E-state index contributed by atoms with van der Waals surface area (Å²) in [5.74, 6) is -1.24. The van der Waals surface area contributed by atoms with Gasteiger partial charge >= 0.3 is 0 Å². The number of amides is 3. The molecule has 3 N–H and O–H groups in total. The molecule has 1 aliphatic rings. The van der Waals surface area contributed by atoms with Crippen molar-refractivity contribution in [3.63, 3.8) is 0 Å². The zero-order chi connectivity index (χ0) is 28.2. The van der Waals surface area contributed by atoms with Gasteiger partial charge in [0.15, 0.2) is 11.6 Å². The number of aromatic amines is 1. The fourth-order valence-corrected chi connectivity index (χ4v) is 4.46. The van der Waals surface area contributed by atoms with Crippen molar-refractivity contribution in [3.8, 4) is 11.6 Å². The molecule has 0 unspecified atom stereocenters. The standard InChI is InChI=1S/C26H26N8O6/c1-39-18-12-29-24(34-15-30-20(31-34)14-40-13-19(27)35)22-21(18)17(11-28-22)23(36)26(38)33-9-7-32(8-10-33)25(37)16-5-3-2-4-6-16/h2-6,11-12,15,28H,7-10,13-14H2,1H3,(H2,27,35). The van der Waals surface area contributed by atoms with Crippen LogP contribution in [0.25, 0.3) is 16.7 Å². The molecule has 3 amide bonds. The number of ketones is 1. The molecule has 0 aliphatic carbocycles. The van der Waals surface area contributed by atoms with Gasteiger partial charge in [0.25, 0.3) is 17.6 Å². The van der Waals surface area contributed by atoms with E-state index in [2.05, 4.69) is 20.1 Å². The lowest BCUT2D eigenvalue weighted by Gasteiger charge is -2.34. The lowest BCUT2D eigenvalue weighted by molar-refractivity contribution is -0.127. The zero-order valence-electron chi connectivity index (χ0n) is 21.6. The summed E-state index contributed by atoms with van der Waals surface area (Å²) in [6.45, 7) is 0.784. The largest absolute Gasteiger partial charge is 0.494 e. The van der Waals surface area contributed by atoms with Crippen molar-refractivity contribution >= 4 is 34.4 Å². The van der Waals surface area contributed by atoms with Crippen LogP contribution in [0.3, 0.4) is 0 Å². The Balaban J connectivity index is 1.33. The van der Waals surface area contributed by atoms with Crippen LogP contribution in [-0.4, -0.2) is 97.9 Å². The first-order valence-corrected chi connectivity index (χ1v) is 12.4. The highest BCUT2D eigenvalue weighted by Crippen LogP contribution is 2.32. The van der Waals surface area contributed by atoms with Gasteiger partial charge in [-0.15, -0.1) is 5.10 Å². The van der Waals surface area contributed by atoms with Gasteiger partial charge in [-0.1, -0.05) is 18.2 Å². The zero-order valence-corrected chi connectivity index (χ0v) is 21.6. The molecule has 0 atom stereocenters. The number of pyridine rings is 1. The lowest BCUT2D eigenvalue weighted by atomic mass is 10.1. The number of hydrogen-bond donors (Lipinski definition) is 2. The van der Waals surface area contributed by atoms with Crippen LogP contribution in [0.5, 0.6) is 5.75 Å². The number of methoxy groups -OCH3 is 1. The molecule has 5 rings (SSSR count). The molecule has 0 radical (unpaired) electrons. The average molecular weight is 547 g/mol. The van der Waals surface area contributed by atoms with Crippen LogP contribution in [0, 0.1) is 0 Å². The topological polar surface area (TPSA) is 179 Å². The molecule has 0 bridgehead atoms. The van der Waals surface area contributed by atoms with Crippen LogP contribution >= 0.6 is 0 Å². The molecule has 206 valence electrons. The summed E-state index contributed by atoms with van der Waals surface area (Å²) in [4.78, 5) is 64.9. The second-order valence-corrected chi connectivity index (χ2v) is 8.95. The van der Waals surface area contributed by atoms with Crippen molar-refractivity contribution in [1.82, 2.24) is 34.5 Å². The van der Waals surface area contributed by atoms with Gasteiger partial charge in [0, 0.05) is 37.9 Å². The van der Waals surface area contributed by atoms with Gasteiger partial charge < -0.3 is 30.0 Å². The van der Waals surface area contributed by atoms with Crippen LogP contribution in [0.15, 0.2) is 49.1 Å². The highest BCUT2D eigenvalue weighted by atomic mass is 16.5. The van der Waals surface area contributed by atoms with Crippen LogP contribution < -0.4 is 10.5 Å². The summed E-state index contributed by atoms with van der Waals surface area (Å²) in [5, 5.41) is 4.67. The summed E-state index contributed by atoms with van der Waals surface area (Å²) < 4.78 is 12.0. The van der Waals surface area contributed by atoms with E-state index in [1.165, 1.54) is 35.4 Å². The maximum atomic E-state index is 13.4. The molecular formula is C26H26N8O6. The molecule has 1 saturated heterocycles. The van der Waals surface area contributed by atoms with Crippen molar-refractivity contribution in [1.29, 1.82) is 0 Å². The number of piperazine rings is 1. The molecule has 14 nitrogen and oxygen atoms in total. The first kappa shape index (κ1) is 26.5. The molecule has 1 aromatic carbocycles. The fraction of sp³-hybridized carbons (Fsp3) is 0.269. The Morgan fingerprint density at radius 1 is 1.02 bits per heavy atom. The Hall–Kier alpha value is -5.11. The maximum absolute atomic E-state index is 13.4. The molecule has 3 aromatic heterocycles. The third kappa shape index (κ3) is 5.24. The van der Waals surface area contributed by atoms with Gasteiger partial charge in [-0.25, -0.2) is 14.6 Å². The quantitative estimate of drug-likeness (QED) is 0.221. The number of H-pyrrole nitrogens is 1. The number of nitrogens with one attached hydrogen (secondary N) is 1. The maximum Gasteiger partial charge on any atom is 0.295 e. The van der Waals surface area contributed by atoms with E-state index >= 15 is 0 Å². The van der Waals surface area contributed by atoms with E-state index in [4.69, 9.17) is 15.2 Å². The number of benzene rings is 1. The Morgan fingerprint density at radius 2 is 1.75 bits per heavy atom. The Labute approximate surface area is 227 Å². The smallest absolute Gasteiger partial charge is 0.295 e.